The molecule has 2 amide bonds. The number of rotatable bonds is 14. The SMILES string of the molecule is COCCCN(CC(=O)N(CCOC)Cc1cccn1C)C(=O)CC(C)CC(C)(C)C. The molecule has 0 aliphatic rings. The van der Waals surface area contributed by atoms with Gasteiger partial charge >= 0.3 is 0 Å². The Balaban J connectivity index is 2.86. The normalized spacial score (nSPS) is 12.6. The van der Waals surface area contributed by atoms with Gasteiger partial charge in [0.05, 0.1) is 19.7 Å². The second-order valence-electron chi connectivity index (χ2n) is 9.65. The molecule has 1 aromatic rings. The van der Waals surface area contributed by atoms with Crippen LogP contribution in [-0.2, 0) is 32.7 Å². The largest absolute Gasteiger partial charge is 0.385 e. The number of aryl methyl sites for hydroxylation is 1. The summed E-state index contributed by atoms with van der Waals surface area (Å²) in [5, 5.41) is 0. The van der Waals surface area contributed by atoms with Gasteiger partial charge in [0.1, 0.15) is 0 Å². The van der Waals surface area contributed by atoms with Gasteiger partial charge in [-0.25, -0.2) is 0 Å². The molecule has 31 heavy (non-hydrogen) atoms. The lowest BCUT2D eigenvalue weighted by Gasteiger charge is -2.29. The van der Waals surface area contributed by atoms with Crippen LogP contribution in [0.1, 0.15) is 52.7 Å². The van der Waals surface area contributed by atoms with Gasteiger partial charge in [0.25, 0.3) is 0 Å². The van der Waals surface area contributed by atoms with Gasteiger partial charge in [0.2, 0.25) is 11.8 Å². The highest BCUT2D eigenvalue weighted by Gasteiger charge is 2.24. The summed E-state index contributed by atoms with van der Waals surface area (Å²) >= 11 is 0. The van der Waals surface area contributed by atoms with Crippen LogP contribution in [0.25, 0.3) is 0 Å². The lowest BCUT2D eigenvalue weighted by molar-refractivity contribution is -0.142. The summed E-state index contributed by atoms with van der Waals surface area (Å²) < 4.78 is 12.4. The summed E-state index contributed by atoms with van der Waals surface area (Å²) in [5.41, 5.74) is 1.21. The summed E-state index contributed by atoms with van der Waals surface area (Å²) in [5.74, 6) is 0.236. The van der Waals surface area contributed by atoms with Crippen LogP contribution in [0.15, 0.2) is 18.3 Å². The Bertz CT molecular complexity index is 666. The highest BCUT2D eigenvalue weighted by atomic mass is 16.5. The number of hydrogen-bond donors (Lipinski definition) is 0. The fraction of sp³-hybridized carbons (Fsp3) is 0.750. The Kier molecular flexibility index (Phi) is 11.9. The second-order valence-corrected chi connectivity index (χ2v) is 9.65. The van der Waals surface area contributed by atoms with Crippen molar-refractivity contribution >= 4 is 11.8 Å². The molecule has 0 spiro atoms. The number of amides is 2. The molecule has 0 aliphatic carbocycles. The summed E-state index contributed by atoms with van der Waals surface area (Å²) in [7, 11) is 5.24. The fourth-order valence-corrected chi connectivity index (χ4v) is 3.85. The Morgan fingerprint density at radius 1 is 1.06 bits per heavy atom. The number of nitrogens with zero attached hydrogens (tertiary/aromatic N) is 3. The van der Waals surface area contributed by atoms with E-state index in [0.717, 1.165) is 12.1 Å². The summed E-state index contributed by atoms with van der Waals surface area (Å²) in [6, 6.07) is 3.97. The molecule has 0 fully saturated rings. The Hall–Kier alpha value is -1.86. The number of aromatic nitrogens is 1. The molecule has 0 radical (unpaired) electrons. The highest BCUT2D eigenvalue weighted by molar-refractivity contribution is 5.85. The lowest BCUT2D eigenvalue weighted by atomic mass is 9.84. The maximum Gasteiger partial charge on any atom is 0.242 e. The van der Waals surface area contributed by atoms with Crippen molar-refractivity contribution in [3.63, 3.8) is 0 Å². The Morgan fingerprint density at radius 2 is 1.74 bits per heavy atom. The Morgan fingerprint density at radius 3 is 2.29 bits per heavy atom. The Labute approximate surface area is 188 Å². The zero-order chi connectivity index (χ0) is 23.4. The molecule has 178 valence electrons. The van der Waals surface area contributed by atoms with E-state index >= 15 is 0 Å². The third-order valence-electron chi connectivity index (χ3n) is 5.26. The minimum absolute atomic E-state index is 0.0340. The van der Waals surface area contributed by atoms with Crippen LogP contribution < -0.4 is 0 Å². The molecule has 1 unspecified atom stereocenters. The zero-order valence-electron chi connectivity index (χ0n) is 20.6. The maximum atomic E-state index is 13.2. The van der Waals surface area contributed by atoms with E-state index in [2.05, 4.69) is 27.7 Å². The zero-order valence-corrected chi connectivity index (χ0v) is 20.6. The van der Waals surface area contributed by atoms with Crippen molar-refractivity contribution in [3.8, 4) is 0 Å². The monoisotopic (exact) mass is 437 g/mol. The van der Waals surface area contributed by atoms with Gasteiger partial charge in [-0.1, -0.05) is 27.7 Å². The van der Waals surface area contributed by atoms with Gasteiger partial charge < -0.3 is 23.8 Å². The molecule has 0 saturated carbocycles. The van der Waals surface area contributed by atoms with Crippen LogP contribution in [0.4, 0.5) is 0 Å². The van der Waals surface area contributed by atoms with Crippen molar-refractivity contribution in [1.82, 2.24) is 14.4 Å². The van der Waals surface area contributed by atoms with Crippen LogP contribution in [-0.4, -0.2) is 73.2 Å². The van der Waals surface area contributed by atoms with Crippen molar-refractivity contribution in [2.45, 2.75) is 53.5 Å². The van der Waals surface area contributed by atoms with E-state index in [1.54, 1.807) is 24.0 Å². The van der Waals surface area contributed by atoms with Gasteiger partial charge in [0, 0.05) is 59.3 Å². The average molecular weight is 438 g/mol. The van der Waals surface area contributed by atoms with Crippen molar-refractivity contribution in [2.75, 3.05) is 47.1 Å². The van der Waals surface area contributed by atoms with E-state index in [1.165, 1.54) is 0 Å². The predicted molar refractivity (Wildman–Crippen MR) is 124 cm³/mol. The molecule has 7 heteroatoms. The lowest BCUT2D eigenvalue weighted by Crippen LogP contribution is -2.44. The summed E-state index contributed by atoms with van der Waals surface area (Å²) in [4.78, 5) is 29.7. The molecule has 7 nitrogen and oxygen atoms in total. The number of hydrogen-bond acceptors (Lipinski definition) is 4. The van der Waals surface area contributed by atoms with Crippen molar-refractivity contribution in [3.05, 3.63) is 24.0 Å². The third-order valence-corrected chi connectivity index (χ3v) is 5.26. The first kappa shape index (κ1) is 27.2. The van der Waals surface area contributed by atoms with Crippen molar-refractivity contribution in [1.29, 1.82) is 0 Å². The van der Waals surface area contributed by atoms with Gasteiger partial charge in [-0.2, -0.15) is 0 Å². The first-order valence-corrected chi connectivity index (χ1v) is 11.2. The van der Waals surface area contributed by atoms with Crippen LogP contribution in [0, 0.1) is 11.3 Å². The van der Waals surface area contributed by atoms with E-state index in [9.17, 15) is 9.59 Å². The fourth-order valence-electron chi connectivity index (χ4n) is 3.85. The molecule has 0 saturated heterocycles. The number of carbonyl (C=O) groups is 2. The highest BCUT2D eigenvalue weighted by Crippen LogP contribution is 2.26. The van der Waals surface area contributed by atoms with Gasteiger partial charge in [-0.3, -0.25) is 9.59 Å². The topological polar surface area (TPSA) is 64.0 Å². The third kappa shape index (κ3) is 10.8. The van der Waals surface area contributed by atoms with E-state index in [4.69, 9.17) is 9.47 Å². The smallest absolute Gasteiger partial charge is 0.242 e. The van der Waals surface area contributed by atoms with E-state index in [1.807, 2.05) is 29.9 Å². The minimum atomic E-state index is -0.0625. The first-order chi connectivity index (χ1) is 14.6. The number of carbonyl (C=O) groups excluding carboxylic acids is 2. The first-order valence-electron chi connectivity index (χ1n) is 11.2. The average Bonchev–Trinajstić information content (AvgIpc) is 3.07. The van der Waals surface area contributed by atoms with Gasteiger partial charge in [-0.05, 0) is 36.3 Å². The second kappa shape index (κ2) is 13.5. The quantitative estimate of drug-likeness (QED) is 0.419. The summed E-state index contributed by atoms with van der Waals surface area (Å²) in [6.07, 6.45) is 4.09. The molecule has 0 bridgehead atoms. The predicted octanol–water partition coefficient (Wildman–Crippen LogP) is 3.33. The minimum Gasteiger partial charge on any atom is -0.385 e. The number of methoxy groups -OCH3 is 2. The molecule has 1 aromatic heterocycles. The van der Waals surface area contributed by atoms with Crippen LogP contribution in [0.3, 0.4) is 0 Å². The van der Waals surface area contributed by atoms with Crippen LogP contribution in [0.5, 0.6) is 0 Å². The van der Waals surface area contributed by atoms with E-state index in [-0.39, 0.29) is 29.7 Å². The molecule has 0 aliphatic heterocycles. The maximum absolute atomic E-state index is 13.2. The molecule has 0 N–H and O–H groups in total. The van der Waals surface area contributed by atoms with Gasteiger partial charge in [0.15, 0.2) is 0 Å². The van der Waals surface area contributed by atoms with E-state index in [0.29, 0.717) is 45.7 Å². The van der Waals surface area contributed by atoms with Gasteiger partial charge in [-0.15, -0.1) is 0 Å². The molecular weight excluding hydrogens is 394 g/mol. The molecule has 1 heterocycles. The summed E-state index contributed by atoms with van der Waals surface area (Å²) in [6.45, 7) is 11.3. The van der Waals surface area contributed by atoms with Crippen molar-refractivity contribution in [2.24, 2.45) is 18.4 Å². The van der Waals surface area contributed by atoms with Crippen molar-refractivity contribution < 1.29 is 19.1 Å². The van der Waals surface area contributed by atoms with Crippen LogP contribution >= 0.6 is 0 Å². The molecule has 1 atom stereocenters. The number of ether oxygens (including phenoxy) is 2. The van der Waals surface area contributed by atoms with E-state index < -0.39 is 0 Å². The standard InChI is InChI=1S/C24H43N3O4/c1-20(17-24(2,3)4)16-22(28)26(12-9-14-30-6)19-23(29)27(13-15-31-7)18-21-10-8-11-25(21)5/h8,10-11,20H,9,12-19H2,1-7H3. The van der Waals surface area contributed by atoms with Crippen LogP contribution in [0.2, 0.25) is 0 Å². The molecular formula is C24H43N3O4. The molecule has 1 rings (SSSR count). The molecule has 0 aromatic carbocycles.